The lowest BCUT2D eigenvalue weighted by Gasteiger charge is -2.27. The fourth-order valence-corrected chi connectivity index (χ4v) is 1.22. The van der Waals surface area contributed by atoms with E-state index in [1.807, 2.05) is 0 Å². The van der Waals surface area contributed by atoms with Crippen LogP contribution in [0.5, 0.6) is 0 Å². The minimum atomic E-state index is 0.318. The molecule has 0 fully saturated rings. The summed E-state index contributed by atoms with van der Waals surface area (Å²) in [6.45, 7) is 11.5. The van der Waals surface area contributed by atoms with Crippen molar-refractivity contribution in [3.63, 3.8) is 0 Å². The molecule has 0 spiro atoms. The number of methoxy groups -OCH3 is 1. The molecule has 0 aliphatic carbocycles. The third kappa shape index (κ3) is 7.88. The van der Waals surface area contributed by atoms with Crippen molar-refractivity contribution >= 4 is 17.3 Å². The second-order valence-electron chi connectivity index (χ2n) is 5.25. The van der Waals surface area contributed by atoms with Crippen LogP contribution in [0.25, 0.3) is 0 Å². The van der Waals surface area contributed by atoms with Crippen LogP contribution in [0.1, 0.15) is 34.1 Å². The molecular weight excluding hydrogens is 220 g/mol. The van der Waals surface area contributed by atoms with Gasteiger partial charge in [0.1, 0.15) is 0 Å². The molecule has 0 aliphatic rings. The van der Waals surface area contributed by atoms with E-state index in [2.05, 4.69) is 38.3 Å². The van der Waals surface area contributed by atoms with Crippen LogP contribution in [0.4, 0.5) is 0 Å². The smallest absolute Gasteiger partial charge is 0.166 e. The summed E-state index contributed by atoms with van der Waals surface area (Å²) in [5.74, 6) is 0.589. The highest BCUT2D eigenvalue weighted by Gasteiger charge is 2.19. The number of thiocarbonyl (C=S) groups is 1. The zero-order valence-corrected chi connectivity index (χ0v) is 12.0. The van der Waals surface area contributed by atoms with Crippen molar-refractivity contribution in [3.8, 4) is 0 Å². The molecule has 0 amide bonds. The van der Waals surface area contributed by atoms with Crippen LogP contribution < -0.4 is 10.6 Å². The van der Waals surface area contributed by atoms with Gasteiger partial charge in [0.2, 0.25) is 0 Å². The molecule has 2 N–H and O–H groups in total. The van der Waals surface area contributed by atoms with Gasteiger partial charge in [-0.3, -0.25) is 0 Å². The Hall–Kier alpha value is -0.350. The van der Waals surface area contributed by atoms with E-state index in [1.165, 1.54) is 0 Å². The summed E-state index contributed by atoms with van der Waals surface area (Å²) < 4.78 is 4.96. The fourth-order valence-electron chi connectivity index (χ4n) is 1.03. The Balaban J connectivity index is 3.58. The summed E-state index contributed by atoms with van der Waals surface area (Å²) in [5.41, 5.74) is 0.318. The van der Waals surface area contributed by atoms with Gasteiger partial charge in [-0.2, -0.15) is 0 Å². The van der Waals surface area contributed by atoms with E-state index >= 15 is 0 Å². The highest BCUT2D eigenvalue weighted by molar-refractivity contribution is 7.80. The zero-order chi connectivity index (χ0) is 12.6. The van der Waals surface area contributed by atoms with Crippen molar-refractivity contribution in [2.24, 2.45) is 11.3 Å². The van der Waals surface area contributed by atoms with Crippen molar-refractivity contribution in [2.45, 2.75) is 34.1 Å². The lowest BCUT2D eigenvalue weighted by Crippen LogP contribution is -2.40. The molecule has 0 aromatic carbocycles. The third-order valence-electron chi connectivity index (χ3n) is 2.86. The van der Waals surface area contributed by atoms with Gasteiger partial charge in [-0.25, -0.2) is 0 Å². The maximum Gasteiger partial charge on any atom is 0.166 e. The first-order valence-corrected chi connectivity index (χ1v) is 6.29. The van der Waals surface area contributed by atoms with Crippen LogP contribution in [0.2, 0.25) is 0 Å². The molecular formula is C12H26N2OS. The van der Waals surface area contributed by atoms with Gasteiger partial charge in [0.25, 0.3) is 0 Å². The third-order valence-corrected chi connectivity index (χ3v) is 3.15. The Kier molecular flexibility index (Phi) is 7.68. The summed E-state index contributed by atoms with van der Waals surface area (Å²) >= 11 is 5.18. The lowest BCUT2D eigenvalue weighted by molar-refractivity contribution is 0.195. The van der Waals surface area contributed by atoms with Crippen molar-refractivity contribution in [2.75, 3.05) is 26.8 Å². The van der Waals surface area contributed by atoms with Crippen molar-refractivity contribution in [3.05, 3.63) is 0 Å². The van der Waals surface area contributed by atoms with Gasteiger partial charge in [0, 0.05) is 26.8 Å². The molecule has 0 radical (unpaired) electrons. The molecule has 0 aliphatic heterocycles. The van der Waals surface area contributed by atoms with Crippen LogP contribution in [-0.4, -0.2) is 31.9 Å². The molecule has 0 saturated carbocycles. The highest BCUT2D eigenvalue weighted by atomic mass is 32.1. The number of rotatable bonds is 6. The Labute approximate surface area is 105 Å². The standard InChI is InChI=1S/C12H26N2OS/c1-10(12(2,3)4)9-14-11(16)13-7-6-8-15-5/h10H,6-9H2,1-5H3,(H2,13,14,16). The SMILES string of the molecule is COCCCNC(=S)NCC(C)C(C)(C)C. The highest BCUT2D eigenvalue weighted by Crippen LogP contribution is 2.24. The van der Waals surface area contributed by atoms with Crippen LogP contribution in [0.3, 0.4) is 0 Å². The van der Waals surface area contributed by atoms with Crippen LogP contribution >= 0.6 is 12.2 Å². The molecule has 0 bridgehead atoms. The summed E-state index contributed by atoms with van der Waals surface area (Å²) in [5, 5.41) is 7.15. The zero-order valence-electron chi connectivity index (χ0n) is 11.2. The topological polar surface area (TPSA) is 33.3 Å². The molecule has 3 nitrogen and oxygen atoms in total. The maximum atomic E-state index is 5.18. The molecule has 16 heavy (non-hydrogen) atoms. The van der Waals surface area contributed by atoms with Gasteiger partial charge >= 0.3 is 0 Å². The quantitative estimate of drug-likeness (QED) is 0.556. The largest absolute Gasteiger partial charge is 0.385 e. The second kappa shape index (κ2) is 7.85. The number of hydrogen-bond donors (Lipinski definition) is 2. The first-order valence-electron chi connectivity index (χ1n) is 5.88. The van der Waals surface area contributed by atoms with Gasteiger partial charge < -0.3 is 15.4 Å². The van der Waals surface area contributed by atoms with Gasteiger partial charge in [0.05, 0.1) is 0 Å². The normalized spacial score (nSPS) is 13.3. The Bertz CT molecular complexity index is 202. The first kappa shape index (κ1) is 15.7. The van der Waals surface area contributed by atoms with Gasteiger partial charge in [-0.1, -0.05) is 27.7 Å². The minimum absolute atomic E-state index is 0.318. The monoisotopic (exact) mass is 246 g/mol. The van der Waals surface area contributed by atoms with Crippen LogP contribution in [-0.2, 0) is 4.74 Å². The van der Waals surface area contributed by atoms with E-state index < -0.39 is 0 Å². The van der Waals surface area contributed by atoms with E-state index in [9.17, 15) is 0 Å². The van der Waals surface area contributed by atoms with E-state index in [0.29, 0.717) is 11.3 Å². The van der Waals surface area contributed by atoms with Crippen LogP contribution in [0.15, 0.2) is 0 Å². The Morgan fingerprint density at radius 2 is 1.94 bits per heavy atom. The van der Waals surface area contributed by atoms with Gasteiger partial charge in [0.15, 0.2) is 5.11 Å². The van der Waals surface area contributed by atoms with Crippen molar-refractivity contribution in [1.82, 2.24) is 10.6 Å². The first-order chi connectivity index (χ1) is 7.38. The molecule has 0 heterocycles. The molecule has 0 aromatic rings. The molecule has 96 valence electrons. The molecule has 1 atom stereocenters. The lowest BCUT2D eigenvalue weighted by atomic mass is 9.82. The van der Waals surface area contributed by atoms with E-state index in [1.54, 1.807) is 7.11 Å². The summed E-state index contributed by atoms with van der Waals surface area (Å²) in [4.78, 5) is 0. The Morgan fingerprint density at radius 3 is 2.44 bits per heavy atom. The summed E-state index contributed by atoms with van der Waals surface area (Å²) in [6, 6.07) is 0. The molecule has 0 rings (SSSR count). The minimum Gasteiger partial charge on any atom is -0.385 e. The van der Waals surface area contributed by atoms with E-state index in [4.69, 9.17) is 17.0 Å². The second-order valence-corrected chi connectivity index (χ2v) is 5.66. The summed E-state index contributed by atoms with van der Waals surface area (Å²) in [6.07, 6.45) is 0.979. The molecule has 1 unspecified atom stereocenters. The predicted octanol–water partition coefficient (Wildman–Crippen LogP) is 2.17. The van der Waals surface area contributed by atoms with E-state index in [-0.39, 0.29) is 0 Å². The van der Waals surface area contributed by atoms with Gasteiger partial charge in [-0.05, 0) is 30.0 Å². The molecule has 0 saturated heterocycles. The van der Waals surface area contributed by atoms with Crippen molar-refractivity contribution < 1.29 is 4.74 Å². The summed E-state index contributed by atoms with van der Waals surface area (Å²) in [7, 11) is 1.71. The fraction of sp³-hybridized carbons (Fsp3) is 0.917. The maximum absolute atomic E-state index is 5.18. The predicted molar refractivity (Wildman–Crippen MR) is 73.7 cm³/mol. The molecule has 4 heteroatoms. The number of hydrogen-bond acceptors (Lipinski definition) is 2. The average Bonchev–Trinajstić information content (AvgIpc) is 2.19. The molecule has 0 aromatic heterocycles. The van der Waals surface area contributed by atoms with Crippen molar-refractivity contribution in [1.29, 1.82) is 0 Å². The Morgan fingerprint density at radius 1 is 1.31 bits per heavy atom. The van der Waals surface area contributed by atoms with E-state index in [0.717, 1.165) is 31.2 Å². The van der Waals surface area contributed by atoms with Gasteiger partial charge in [-0.15, -0.1) is 0 Å². The number of ether oxygens (including phenoxy) is 1. The number of nitrogens with one attached hydrogen (secondary N) is 2. The van der Waals surface area contributed by atoms with Crippen LogP contribution in [0, 0.1) is 11.3 Å². The average molecular weight is 246 g/mol.